The van der Waals surface area contributed by atoms with Gasteiger partial charge in [0.05, 0.1) is 22.9 Å². The van der Waals surface area contributed by atoms with Gasteiger partial charge in [0.15, 0.2) is 0 Å². The molecule has 21 heavy (non-hydrogen) atoms. The van der Waals surface area contributed by atoms with Gasteiger partial charge < -0.3 is 5.73 Å². The van der Waals surface area contributed by atoms with Crippen LogP contribution in [-0.4, -0.2) is 20.0 Å². The zero-order valence-corrected chi connectivity index (χ0v) is 12.6. The second-order valence-electron chi connectivity index (χ2n) is 4.99. The molecule has 0 bridgehead atoms. The fourth-order valence-electron chi connectivity index (χ4n) is 2.20. The Hall–Kier alpha value is -2.05. The highest BCUT2D eigenvalue weighted by atomic mass is 32.1. The molecule has 1 aromatic carbocycles. The van der Waals surface area contributed by atoms with E-state index in [0.29, 0.717) is 13.0 Å². The minimum absolute atomic E-state index is 0.0575. The number of nitrogens with zero attached hydrogens (tertiary/aromatic N) is 4. The van der Waals surface area contributed by atoms with E-state index >= 15 is 0 Å². The van der Waals surface area contributed by atoms with Crippen molar-refractivity contribution < 1.29 is 0 Å². The molecule has 2 heterocycles. The van der Waals surface area contributed by atoms with Crippen LogP contribution in [0.5, 0.6) is 0 Å². The van der Waals surface area contributed by atoms with Crippen LogP contribution in [-0.2, 0) is 13.0 Å². The maximum atomic E-state index is 6.20. The topological polar surface area (TPSA) is 69.6 Å². The molecule has 6 heteroatoms. The van der Waals surface area contributed by atoms with Crippen LogP contribution in [0.1, 0.15) is 28.0 Å². The van der Waals surface area contributed by atoms with Crippen LogP contribution in [0.3, 0.4) is 0 Å². The number of aryl methyl sites for hydroxylation is 1. The summed E-state index contributed by atoms with van der Waals surface area (Å²) in [7, 11) is 0. The van der Waals surface area contributed by atoms with E-state index < -0.39 is 0 Å². The minimum Gasteiger partial charge on any atom is -0.324 e. The summed E-state index contributed by atoms with van der Waals surface area (Å²) in [5, 5.41) is 11.5. The highest BCUT2D eigenvalue weighted by Gasteiger charge is 2.10. The fourth-order valence-corrected chi connectivity index (χ4v) is 2.80. The zero-order chi connectivity index (χ0) is 14.7. The summed E-state index contributed by atoms with van der Waals surface area (Å²) in [5.41, 5.74) is 9.23. The molecule has 0 saturated carbocycles. The molecule has 3 aromatic rings. The van der Waals surface area contributed by atoms with Gasteiger partial charge in [0.2, 0.25) is 0 Å². The Kier molecular flexibility index (Phi) is 4.08. The van der Waals surface area contributed by atoms with Gasteiger partial charge in [-0.1, -0.05) is 35.5 Å². The summed E-state index contributed by atoms with van der Waals surface area (Å²) in [6.07, 6.45) is 2.62. The van der Waals surface area contributed by atoms with Gasteiger partial charge in [0, 0.05) is 24.0 Å². The van der Waals surface area contributed by atoms with Gasteiger partial charge in [0.25, 0.3) is 0 Å². The van der Waals surface area contributed by atoms with Crippen molar-refractivity contribution in [3.8, 4) is 0 Å². The molecule has 0 amide bonds. The molecule has 3 rings (SSSR count). The molecule has 2 aromatic heterocycles. The highest BCUT2D eigenvalue weighted by Crippen LogP contribution is 2.14. The van der Waals surface area contributed by atoms with Crippen LogP contribution in [0.4, 0.5) is 0 Å². The van der Waals surface area contributed by atoms with Gasteiger partial charge >= 0.3 is 0 Å². The van der Waals surface area contributed by atoms with Crippen LogP contribution in [0.15, 0.2) is 41.9 Å². The summed E-state index contributed by atoms with van der Waals surface area (Å²) >= 11 is 1.65. The zero-order valence-electron chi connectivity index (χ0n) is 11.8. The van der Waals surface area contributed by atoms with Gasteiger partial charge in [-0.05, 0) is 12.5 Å². The monoisotopic (exact) mass is 299 g/mol. The Balaban J connectivity index is 1.65. The van der Waals surface area contributed by atoms with E-state index in [1.807, 2.05) is 53.5 Å². The van der Waals surface area contributed by atoms with Crippen LogP contribution >= 0.6 is 11.3 Å². The summed E-state index contributed by atoms with van der Waals surface area (Å²) in [5.74, 6) is 0. The first-order valence-electron chi connectivity index (χ1n) is 6.81. The van der Waals surface area contributed by atoms with E-state index in [1.54, 1.807) is 11.3 Å². The van der Waals surface area contributed by atoms with Crippen LogP contribution in [0.2, 0.25) is 0 Å². The predicted octanol–water partition coefficient (Wildman–Crippen LogP) is 2.33. The maximum absolute atomic E-state index is 6.20. The average Bonchev–Trinajstić information content (AvgIpc) is 3.09. The van der Waals surface area contributed by atoms with Crippen molar-refractivity contribution in [2.45, 2.75) is 25.9 Å². The summed E-state index contributed by atoms with van der Waals surface area (Å²) in [6, 6.07) is 9.99. The second kappa shape index (κ2) is 6.15. The van der Waals surface area contributed by atoms with Crippen molar-refractivity contribution in [2.24, 2.45) is 5.73 Å². The second-order valence-corrected chi connectivity index (χ2v) is 6.05. The van der Waals surface area contributed by atoms with Crippen molar-refractivity contribution in [1.82, 2.24) is 20.0 Å². The smallest absolute Gasteiger partial charge is 0.0898 e. The van der Waals surface area contributed by atoms with Gasteiger partial charge in [-0.2, -0.15) is 0 Å². The molecule has 0 fully saturated rings. The Bertz CT molecular complexity index is 704. The van der Waals surface area contributed by atoms with Crippen molar-refractivity contribution in [2.75, 3.05) is 0 Å². The Morgan fingerprint density at radius 2 is 2.05 bits per heavy atom. The lowest BCUT2D eigenvalue weighted by atomic mass is 10.0. The number of benzene rings is 1. The quantitative estimate of drug-likeness (QED) is 0.785. The fraction of sp³-hybridized carbons (Fsp3) is 0.267. The van der Waals surface area contributed by atoms with Crippen LogP contribution in [0.25, 0.3) is 0 Å². The SMILES string of the molecule is Cc1nc(Cn2cc(CC(N)c3ccccc3)nn2)cs1. The van der Waals surface area contributed by atoms with E-state index in [4.69, 9.17) is 5.73 Å². The van der Waals surface area contributed by atoms with Gasteiger partial charge in [-0.15, -0.1) is 16.4 Å². The number of thiazole rings is 1. The molecule has 5 nitrogen and oxygen atoms in total. The normalized spacial score (nSPS) is 12.5. The molecular formula is C15H17N5S. The van der Waals surface area contributed by atoms with E-state index in [2.05, 4.69) is 15.3 Å². The van der Waals surface area contributed by atoms with Crippen LogP contribution in [0, 0.1) is 6.92 Å². The third-order valence-electron chi connectivity index (χ3n) is 3.23. The van der Waals surface area contributed by atoms with Gasteiger partial charge in [0.1, 0.15) is 0 Å². The first-order valence-corrected chi connectivity index (χ1v) is 7.69. The molecule has 0 spiro atoms. The largest absolute Gasteiger partial charge is 0.324 e. The number of nitrogens with two attached hydrogens (primary N) is 1. The molecule has 2 N–H and O–H groups in total. The summed E-state index contributed by atoms with van der Waals surface area (Å²) < 4.78 is 1.81. The third-order valence-corrected chi connectivity index (χ3v) is 4.06. The summed E-state index contributed by atoms with van der Waals surface area (Å²) in [6.45, 7) is 2.65. The van der Waals surface area contributed by atoms with Gasteiger partial charge in [-0.3, -0.25) is 0 Å². The number of rotatable bonds is 5. The van der Waals surface area contributed by atoms with E-state index in [9.17, 15) is 0 Å². The molecule has 1 atom stereocenters. The Morgan fingerprint density at radius 3 is 2.76 bits per heavy atom. The van der Waals surface area contributed by atoms with Crippen LogP contribution < -0.4 is 5.73 Å². The molecule has 0 aliphatic heterocycles. The Morgan fingerprint density at radius 1 is 1.24 bits per heavy atom. The lowest BCUT2D eigenvalue weighted by Crippen LogP contribution is -2.13. The van der Waals surface area contributed by atoms with Crippen molar-refractivity contribution in [1.29, 1.82) is 0 Å². The summed E-state index contributed by atoms with van der Waals surface area (Å²) in [4.78, 5) is 4.43. The number of hydrogen-bond donors (Lipinski definition) is 1. The molecule has 0 saturated heterocycles. The van der Waals surface area contributed by atoms with Gasteiger partial charge in [-0.25, -0.2) is 9.67 Å². The minimum atomic E-state index is -0.0575. The average molecular weight is 299 g/mol. The lowest BCUT2D eigenvalue weighted by molar-refractivity contribution is 0.639. The standard InChI is InChI=1S/C15H17N5S/c1-11-17-14(10-21-11)9-20-8-13(18-19-20)7-15(16)12-5-3-2-4-6-12/h2-6,8,10,15H,7,9,16H2,1H3. The third kappa shape index (κ3) is 3.53. The molecule has 1 unspecified atom stereocenters. The van der Waals surface area contributed by atoms with E-state index in [-0.39, 0.29) is 6.04 Å². The molecule has 108 valence electrons. The first kappa shape index (κ1) is 13.9. The molecule has 0 aliphatic rings. The number of hydrogen-bond acceptors (Lipinski definition) is 5. The molecule has 0 aliphatic carbocycles. The van der Waals surface area contributed by atoms with E-state index in [1.165, 1.54) is 0 Å². The van der Waals surface area contributed by atoms with Crippen molar-refractivity contribution >= 4 is 11.3 Å². The highest BCUT2D eigenvalue weighted by molar-refractivity contribution is 7.09. The number of aromatic nitrogens is 4. The predicted molar refractivity (Wildman–Crippen MR) is 83.0 cm³/mol. The molecular weight excluding hydrogens is 282 g/mol. The maximum Gasteiger partial charge on any atom is 0.0898 e. The lowest BCUT2D eigenvalue weighted by Gasteiger charge is -2.09. The van der Waals surface area contributed by atoms with E-state index in [0.717, 1.165) is 22.0 Å². The first-order chi connectivity index (χ1) is 10.2. The van der Waals surface area contributed by atoms with Crippen molar-refractivity contribution in [3.63, 3.8) is 0 Å². The molecule has 0 radical (unpaired) electrons. The Labute approximate surface area is 127 Å². The van der Waals surface area contributed by atoms with Crippen molar-refractivity contribution in [3.05, 3.63) is 63.9 Å².